The van der Waals surface area contributed by atoms with Crippen LogP contribution in [0.1, 0.15) is 22.3 Å². The summed E-state index contributed by atoms with van der Waals surface area (Å²) in [5, 5.41) is 10.6. The summed E-state index contributed by atoms with van der Waals surface area (Å²) in [6.07, 6.45) is 1.95. The van der Waals surface area contributed by atoms with Gasteiger partial charge in [-0.3, -0.25) is 4.79 Å². The van der Waals surface area contributed by atoms with Gasteiger partial charge in [-0.15, -0.1) is 6.26 Å². The molecule has 78 valence electrons. The molecule has 0 atom stereocenters. The van der Waals surface area contributed by atoms with E-state index in [1.165, 1.54) is 0 Å². The molecule has 0 aromatic heterocycles. The van der Waals surface area contributed by atoms with Crippen molar-refractivity contribution in [1.82, 2.24) is 0 Å². The van der Waals surface area contributed by atoms with Gasteiger partial charge in [-0.05, 0) is 36.1 Å². The monoisotopic (exact) mass is 226 g/mol. The van der Waals surface area contributed by atoms with E-state index in [4.69, 9.17) is 4.74 Å². The first-order chi connectivity index (χ1) is 7.26. The van der Waals surface area contributed by atoms with Crippen LogP contribution in [-0.2, 0) is 6.42 Å². The molecule has 4 heteroatoms. The van der Waals surface area contributed by atoms with Gasteiger partial charge in [0.25, 0.3) is 0 Å². The first-order valence-corrected chi connectivity index (χ1v) is 4.79. The van der Waals surface area contributed by atoms with Crippen molar-refractivity contribution in [2.45, 2.75) is 12.8 Å². The van der Waals surface area contributed by atoms with Gasteiger partial charge in [0.2, 0.25) is 0 Å². The molecule has 1 aromatic rings. The van der Waals surface area contributed by atoms with Crippen molar-refractivity contribution in [2.24, 2.45) is 0 Å². The number of hydrogen-bond donors (Lipinski definition) is 0. The molecule has 0 saturated heterocycles. The maximum absolute atomic E-state index is 11.8. The molecule has 1 aliphatic carbocycles. The van der Waals surface area contributed by atoms with Gasteiger partial charge in [-0.2, -0.15) is 0 Å². The molecular weight excluding hydrogens is 215 g/mol. The van der Waals surface area contributed by atoms with E-state index < -0.39 is 0 Å². The van der Waals surface area contributed by atoms with Crippen molar-refractivity contribution < 1.29 is 44.2 Å². The van der Waals surface area contributed by atoms with E-state index in [0.717, 1.165) is 12.0 Å². The first-order valence-electron chi connectivity index (χ1n) is 4.79. The van der Waals surface area contributed by atoms with Crippen molar-refractivity contribution in [2.75, 3.05) is 7.11 Å². The van der Waals surface area contributed by atoms with Crippen LogP contribution in [0.25, 0.3) is 0 Å². The van der Waals surface area contributed by atoms with E-state index in [2.05, 4.69) is 0 Å². The van der Waals surface area contributed by atoms with Gasteiger partial charge in [-0.1, -0.05) is 6.07 Å². The SMILES string of the molecule is COc1ccc2c(c1)C(=O)/C(=C\[O-])CC2.[Na+]. The molecule has 0 bridgehead atoms. The Morgan fingerprint density at radius 3 is 2.75 bits per heavy atom. The normalized spacial score (nSPS) is 16.6. The average molecular weight is 226 g/mol. The second-order valence-corrected chi connectivity index (χ2v) is 3.50. The molecule has 2 rings (SSSR count). The third kappa shape index (κ3) is 2.32. The van der Waals surface area contributed by atoms with Crippen LogP contribution < -0.4 is 39.4 Å². The van der Waals surface area contributed by atoms with Crippen molar-refractivity contribution in [1.29, 1.82) is 0 Å². The van der Waals surface area contributed by atoms with E-state index in [0.29, 0.717) is 29.6 Å². The van der Waals surface area contributed by atoms with Crippen LogP contribution in [0.3, 0.4) is 0 Å². The van der Waals surface area contributed by atoms with Crippen molar-refractivity contribution in [3.05, 3.63) is 41.2 Å². The van der Waals surface area contributed by atoms with E-state index in [1.54, 1.807) is 13.2 Å². The van der Waals surface area contributed by atoms with Crippen molar-refractivity contribution in [3.8, 4) is 5.75 Å². The minimum atomic E-state index is -0.162. The second-order valence-electron chi connectivity index (χ2n) is 3.50. The van der Waals surface area contributed by atoms with Gasteiger partial charge in [0.1, 0.15) is 5.75 Å². The Bertz CT molecular complexity index is 438. The fraction of sp³-hybridized carbons (Fsp3) is 0.250. The number of ether oxygens (including phenoxy) is 1. The minimum absolute atomic E-state index is 0. The summed E-state index contributed by atoms with van der Waals surface area (Å²) in [7, 11) is 1.55. The van der Waals surface area contributed by atoms with Crippen molar-refractivity contribution >= 4 is 5.78 Å². The van der Waals surface area contributed by atoms with Crippen LogP contribution in [0.2, 0.25) is 0 Å². The van der Waals surface area contributed by atoms with E-state index >= 15 is 0 Å². The van der Waals surface area contributed by atoms with Crippen molar-refractivity contribution in [3.63, 3.8) is 0 Å². The standard InChI is InChI=1S/C12H12O3.Na/c1-15-10-5-4-8-2-3-9(7-13)12(14)11(8)6-10;/h4-7,13H,2-3H2,1H3;/q;+1/p-1/b9-7-;. The summed E-state index contributed by atoms with van der Waals surface area (Å²) in [6.45, 7) is 0. The van der Waals surface area contributed by atoms with Gasteiger partial charge in [0.15, 0.2) is 5.78 Å². The first kappa shape index (κ1) is 13.3. The van der Waals surface area contributed by atoms with Gasteiger partial charge in [0, 0.05) is 5.56 Å². The molecule has 0 aliphatic heterocycles. The number of Topliss-reactive ketones (excluding diaryl/α,β-unsaturated/α-hetero) is 1. The zero-order valence-corrected chi connectivity index (χ0v) is 11.4. The largest absolute Gasteiger partial charge is 1.00 e. The molecule has 0 heterocycles. The molecule has 16 heavy (non-hydrogen) atoms. The summed E-state index contributed by atoms with van der Waals surface area (Å²) >= 11 is 0. The maximum Gasteiger partial charge on any atom is 1.00 e. The van der Waals surface area contributed by atoms with Crippen LogP contribution in [-0.4, -0.2) is 12.9 Å². The Morgan fingerprint density at radius 1 is 1.38 bits per heavy atom. The Morgan fingerprint density at radius 2 is 2.12 bits per heavy atom. The van der Waals surface area contributed by atoms with E-state index in [9.17, 15) is 9.90 Å². The molecule has 1 aliphatic rings. The third-order valence-electron chi connectivity index (χ3n) is 2.66. The van der Waals surface area contributed by atoms with Gasteiger partial charge >= 0.3 is 29.6 Å². The van der Waals surface area contributed by atoms with E-state index in [-0.39, 0.29) is 35.3 Å². The summed E-state index contributed by atoms with van der Waals surface area (Å²) in [4.78, 5) is 11.8. The zero-order chi connectivity index (χ0) is 10.8. The molecule has 0 N–H and O–H groups in total. The quantitative estimate of drug-likeness (QED) is 0.318. The van der Waals surface area contributed by atoms with Gasteiger partial charge < -0.3 is 9.84 Å². The predicted molar refractivity (Wildman–Crippen MR) is 53.7 cm³/mol. The summed E-state index contributed by atoms with van der Waals surface area (Å²) in [6, 6.07) is 5.41. The summed E-state index contributed by atoms with van der Waals surface area (Å²) in [5.41, 5.74) is 1.95. The molecule has 0 unspecified atom stereocenters. The molecule has 0 saturated carbocycles. The average Bonchev–Trinajstić information content (AvgIpc) is 2.29. The minimum Gasteiger partial charge on any atom is -0.878 e. The van der Waals surface area contributed by atoms with Crippen LogP contribution in [0.5, 0.6) is 5.75 Å². The number of rotatable bonds is 1. The molecule has 0 spiro atoms. The summed E-state index contributed by atoms with van der Waals surface area (Å²) < 4.78 is 5.05. The number of carbonyl (C=O) groups excluding carboxylic acids is 1. The predicted octanol–water partition coefficient (Wildman–Crippen LogP) is -1.93. The Hall–Kier alpha value is -0.770. The fourth-order valence-electron chi connectivity index (χ4n) is 1.78. The molecule has 0 fully saturated rings. The summed E-state index contributed by atoms with van der Waals surface area (Å²) in [5.74, 6) is 0.486. The molecule has 3 nitrogen and oxygen atoms in total. The number of carbonyl (C=O) groups is 1. The number of methoxy groups -OCH3 is 1. The Labute approximate surface area is 116 Å². The molecular formula is C12H11NaO3. The maximum atomic E-state index is 11.8. The zero-order valence-electron chi connectivity index (χ0n) is 9.45. The molecule has 0 amide bonds. The Kier molecular flexibility index (Phi) is 4.59. The van der Waals surface area contributed by atoms with Gasteiger partial charge in [0.05, 0.1) is 7.11 Å². The van der Waals surface area contributed by atoms with Crippen LogP contribution in [0.15, 0.2) is 30.0 Å². The third-order valence-corrected chi connectivity index (χ3v) is 2.66. The number of hydrogen-bond acceptors (Lipinski definition) is 3. The van der Waals surface area contributed by atoms with E-state index in [1.807, 2.05) is 12.1 Å². The Balaban J connectivity index is 0.00000128. The van der Waals surface area contributed by atoms with Gasteiger partial charge in [-0.25, -0.2) is 0 Å². The van der Waals surface area contributed by atoms with Crippen LogP contribution in [0.4, 0.5) is 0 Å². The second kappa shape index (κ2) is 5.53. The number of ketones is 1. The smallest absolute Gasteiger partial charge is 0.878 e. The number of allylic oxidation sites excluding steroid dienone is 1. The molecule has 0 radical (unpaired) electrons. The van der Waals surface area contributed by atoms with Crippen LogP contribution in [0, 0.1) is 0 Å². The number of fused-ring (bicyclic) bond motifs is 1. The number of benzene rings is 1. The fourth-order valence-corrected chi connectivity index (χ4v) is 1.78. The molecule has 1 aromatic carbocycles. The topological polar surface area (TPSA) is 49.4 Å². The number of aryl methyl sites for hydroxylation is 1. The van der Waals surface area contributed by atoms with Crippen LogP contribution >= 0.6 is 0 Å².